The van der Waals surface area contributed by atoms with Crippen LogP contribution in [0.15, 0.2) is 12.1 Å². The van der Waals surface area contributed by atoms with Gasteiger partial charge in [0, 0.05) is 5.02 Å². The van der Waals surface area contributed by atoms with E-state index in [0.717, 1.165) is 29.7 Å². The van der Waals surface area contributed by atoms with Crippen molar-refractivity contribution >= 4 is 17.6 Å². The van der Waals surface area contributed by atoms with E-state index in [4.69, 9.17) is 21.4 Å². The Morgan fingerprint density at radius 3 is 2.40 bits per heavy atom. The van der Waals surface area contributed by atoms with Gasteiger partial charge in [0.05, 0.1) is 13.5 Å². The molecule has 0 aliphatic heterocycles. The molecule has 0 amide bonds. The lowest BCUT2D eigenvalue weighted by Crippen LogP contribution is -2.09. The number of rotatable bonds is 7. The van der Waals surface area contributed by atoms with Gasteiger partial charge in [-0.05, 0) is 41.5 Å². The number of carboxylic acid groups (broad SMARTS) is 1. The highest BCUT2D eigenvalue weighted by molar-refractivity contribution is 6.30. The molecule has 0 saturated heterocycles. The van der Waals surface area contributed by atoms with Gasteiger partial charge in [0.1, 0.15) is 5.75 Å². The highest BCUT2D eigenvalue weighted by atomic mass is 35.5. The number of hydrogen-bond donors (Lipinski definition) is 1. The molecule has 1 unspecified atom stereocenters. The van der Waals surface area contributed by atoms with Gasteiger partial charge in [-0.2, -0.15) is 0 Å². The van der Waals surface area contributed by atoms with Gasteiger partial charge in [0.25, 0.3) is 0 Å². The maximum Gasteiger partial charge on any atom is 0.303 e. The molecule has 0 spiro atoms. The van der Waals surface area contributed by atoms with Crippen LogP contribution < -0.4 is 4.74 Å². The molecule has 0 radical (unpaired) electrons. The molecule has 3 nitrogen and oxygen atoms in total. The van der Waals surface area contributed by atoms with Crippen molar-refractivity contribution in [1.82, 2.24) is 0 Å². The Morgan fingerprint density at radius 2 is 1.95 bits per heavy atom. The molecule has 4 heteroatoms. The zero-order valence-corrected chi connectivity index (χ0v) is 13.3. The van der Waals surface area contributed by atoms with Crippen molar-refractivity contribution in [2.24, 2.45) is 0 Å². The van der Waals surface area contributed by atoms with Crippen LogP contribution in [0.25, 0.3) is 0 Å². The fraction of sp³-hybridized carbons (Fsp3) is 0.562. The third kappa shape index (κ3) is 4.14. The number of carboxylic acids is 1. The van der Waals surface area contributed by atoms with Crippen LogP contribution >= 0.6 is 11.6 Å². The first kappa shape index (κ1) is 16.8. The summed E-state index contributed by atoms with van der Waals surface area (Å²) in [6, 6.07) is 3.74. The topological polar surface area (TPSA) is 46.5 Å². The first-order valence-corrected chi connectivity index (χ1v) is 7.37. The summed E-state index contributed by atoms with van der Waals surface area (Å²) in [5.74, 6) is 0.193. The normalized spacial score (nSPS) is 12.5. The van der Waals surface area contributed by atoms with E-state index in [1.54, 1.807) is 7.11 Å². The summed E-state index contributed by atoms with van der Waals surface area (Å²) in [5, 5.41) is 9.74. The number of ether oxygens (including phenoxy) is 1. The summed E-state index contributed by atoms with van der Waals surface area (Å²) in [6.45, 7) is 6.20. The van der Waals surface area contributed by atoms with E-state index in [1.165, 1.54) is 0 Å². The SMILES string of the molecule is CCCC(CC(=O)O)c1cc(Cl)cc(C(C)C)c1OC. The van der Waals surface area contributed by atoms with Crippen molar-refractivity contribution < 1.29 is 14.6 Å². The standard InChI is InChI=1S/C16H23ClO3/c1-5-6-11(7-15(18)19)14-9-12(17)8-13(10(2)3)16(14)20-4/h8-11H,5-7H2,1-4H3,(H,18,19). The van der Waals surface area contributed by atoms with E-state index < -0.39 is 5.97 Å². The molecule has 0 fully saturated rings. The molecule has 0 bridgehead atoms. The Morgan fingerprint density at radius 1 is 1.35 bits per heavy atom. The van der Waals surface area contributed by atoms with Crippen molar-refractivity contribution in [3.8, 4) is 5.75 Å². The maximum absolute atomic E-state index is 11.1. The molecule has 1 rings (SSSR count). The summed E-state index contributed by atoms with van der Waals surface area (Å²) in [7, 11) is 1.63. The lowest BCUT2D eigenvalue weighted by Gasteiger charge is -2.22. The fourth-order valence-corrected chi connectivity index (χ4v) is 2.77. The number of halogens is 1. The van der Waals surface area contributed by atoms with Crippen LogP contribution in [-0.4, -0.2) is 18.2 Å². The molecule has 1 N–H and O–H groups in total. The molecule has 0 aliphatic carbocycles. The quantitative estimate of drug-likeness (QED) is 0.784. The summed E-state index contributed by atoms with van der Waals surface area (Å²) in [6.07, 6.45) is 1.83. The number of aliphatic carboxylic acids is 1. The number of methoxy groups -OCH3 is 1. The van der Waals surface area contributed by atoms with Crippen molar-refractivity contribution in [2.45, 2.75) is 51.9 Å². The van der Waals surface area contributed by atoms with Crippen molar-refractivity contribution in [2.75, 3.05) is 7.11 Å². The minimum Gasteiger partial charge on any atom is -0.496 e. The average Bonchev–Trinajstić information content (AvgIpc) is 2.36. The van der Waals surface area contributed by atoms with E-state index in [2.05, 4.69) is 20.8 Å². The Bertz CT molecular complexity index is 469. The number of benzene rings is 1. The van der Waals surface area contributed by atoms with Crippen LogP contribution in [0.5, 0.6) is 5.75 Å². The highest BCUT2D eigenvalue weighted by Gasteiger charge is 2.22. The predicted molar refractivity (Wildman–Crippen MR) is 82.0 cm³/mol. The molecular formula is C16H23ClO3. The zero-order valence-electron chi connectivity index (χ0n) is 12.6. The summed E-state index contributed by atoms with van der Waals surface area (Å²) >= 11 is 6.20. The largest absolute Gasteiger partial charge is 0.496 e. The van der Waals surface area contributed by atoms with Crippen LogP contribution in [0.4, 0.5) is 0 Å². The second-order valence-electron chi connectivity index (χ2n) is 5.36. The number of hydrogen-bond acceptors (Lipinski definition) is 2. The summed E-state index contributed by atoms with van der Waals surface area (Å²) in [5.41, 5.74) is 1.94. The molecule has 20 heavy (non-hydrogen) atoms. The molecular weight excluding hydrogens is 276 g/mol. The minimum atomic E-state index is -0.795. The molecule has 0 aliphatic rings. The summed E-state index contributed by atoms with van der Waals surface area (Å²) < 4.78 is 5.55. The number of carbonyl (C=O) groups is 1. The van der Waals surface area contributed by atoms with Gasteiger partial charge in [-0.15, -0.1) is 0 Å². The molecule has 1 aromatic rings. The zero-order chi connectivity index (χ0) is 15.3. The van der Waals surface area contributed by atoms with Gasteiger partial charge < -0.3 is 9.84 Å². The Labute approximate surface area is 125 Å². The molecule has 0 aromatic heterocycles. The van der Waals surface area contributed by atoms with Crippen LogP contribution in [-0.2, 0) is 4.79 Å². The molecule has 1 atom stereocenters. The molecule has 1 aromatic carbocycles. The van der Waals surface area contributed by atoms with Crippen LogP contribution in [0.2, 0.25) is 5.02 Å². The van der Waals surface area contributed by atoms with Crippen LogP contribution in [0.3, 0.4) is 0 Å². The van der Waals surface area contributed by atoms with Crippen LogP contribution in [0.1, 0.15) is 63.0 Å². The Balaban J connectivity index is 3.34. The Kier molecular flexibility index (Phi) is 6.34. The fourth-order valence-electron chi connectivity index (χ4n) is 2.53. The third-order valence-corrected chi connectivity index (χ3v) is 3.65. The lowest BCUT2D eigenvalue weighted by molar-refractivity contribution is -0.137. The molecule has 112 valence electrons. The van der Waals surface area contributed by atoms with Crippen LogP contribution in [0, 0.1) is 0 Å². The minimum absolute atomic E-state index is 0.0661. The van der Waals surface area contributed by atoms with Crippen molar-refractivity contribution in [3.63, 3.8) is 0 Å². The third-order valence-electron chi connectivity index (χ3n) is 3.44. The van der Waals surface area contributed by atoms with E-state index >= 15 is 0 Å². The second kappa shape index (κ2) is 7.53. The van der Waals surface area contributed by atoms with E-state index in [0.29, 0.717) is 5.02 Å². The average molecular weight is 299 g/mol. The van der Waals surface area contributed by atoms with E-state index in [1.807, 2.05) is 12.1 Å². The highest BCUT2D eigenvalue weighted by Crippen LogP contribution is 2.40. The van der Waals surface area contributed by atoms with E-state index in [9.17, 15) is 4.79 Å². The predicted octanol–water partition coefficient (Wildman–Crippen LogP) is 4.83. The Hall–Kier alpha value is -1.22. The van der Waals surface area contributed by atoms with Gasteiger partial charge in [-0.1, -0.05) is 38.8 Å². The maximum atomic E-state index is 11.1. The van der Waals surface area contributed by atoms with Gasteiger partial charge in [0.15, 0.2) is 0 Å². The molecule has 0 saturated carbocycles. The second-order valence-corrected chi connectivity index (χ2v) is 5.79. The van der Waals surface area contributed by atoms with Gasteiger partial charge >= 0.3 is 5.97 Å². The molecule has 0 heterocycles. The van der Waals surface area contributed by atoms with Crippen molar-refractivity contribution in [1.29, 1.82) is 0 Å². The lowest BCUT2D eigenvalue weighted by atomic mass is 9.87. The summed E-state index contributed by atoms with van der Waals surface area (Å²) in [4.78, 5) is 11.1. The van der Waals surface area contributed by atoms with Gasteiger partial charge in [-0.3, -0.25) is 4.79 Å². The van der Waals surface area contributed by atoms with Gasteiger partial charge in [0.2, 0.25) is 0 Å². The monoisotopic (exact) mass is 298 g/mol. The first-order chi connectivity index (χ1) is 9.40. The van der Waals surface area contributed by atoms with Crippen molar-refractivity contribution in [3.05, 3.63) is 28.3 Å². The smallest absolute Gasteiger partial charge is 0.303 e. The van der Waals surface area contributed by atoms with E-state index in [-0.39, 0.29) is 18.3 Å². The van der Waals surface area contributed by atoms with Gasteiger partial charge in [-0.25, -0.2) is 0 Å². The first-order valence-electron chi connectivity index (χ1n) is 6.99.